The SMILES string of the molecule is CC1CCN(S(=O)(=O)c2ccc(CN)cc2Br)C(C)C1. The van der Waals surface area contributed by atoms with Crippen LogP contribution in [0.5, 0.6) is 0 Å². The van der Waals surface area contributed by atoms with E-state index in [9.17, 15) is 8.42 Å². The first-order chi connectivity index (χ1) is 9.36. The number of halogens is 1. The summed E-state index contributed by atoms with van der Waals surface area (Å²) in [4.78, 5) is 0.330. The first-order valence-corrected chi connectivity index (χ1v) is 9.10. The molecule has 1 saturated heterocycles. The molecular formula is C14H21BrN2O2S. The van der Waals surface area contributed by atoms with Crippen LogP contribution in [0.3, 0.4) is 0 Å². The summed E-state index contributed by atoms with van der Waals surface area (Å²) in [6.07, 6.45) is 1.83. The van der Waals surface area contributed by atoms with E-state index in [1.165, 1.54) is 0 Å². The summed E-state index contributed by atoms with van der Waals surface area (Å²) in [6.45, 7) is 5.15. The number of nitrogens with two attached hydrogens (primary N) is 1. The fourth-order valence-corrected chi connectivity index (χ4v) is 5.49. The zero-order valence-corrected chi connectivity index (χ0v) is 14.2. The molecule has 1 aliphatic rings. The quantitative estimate of drug-likeness (QED) is 0.900. The van der Waals surface area contributed by atoms with Gasteiger partial charge in [-0.3, -0.25) is 0 Å². The van der Waals surface area contributed by atoms with Gasteiger partial charge in [0, 0.05) is 23.6 Å². The van der Waals surface area contributed by atoms with Gasteiger partial charge in [-0.25, -0.2) is 8.42 Å². The molecule has 6 heteroatoms. The highest BCUT2D eigenvalue weighted by molar-refractivity contribution is 9.10. The molecule has 0 aromatic heterocycles. The third-order valence-corrected chi connectivity index (χ3v) is 6.89. The summed E-state index contributed by atoms with van der Waals surface area (Å²) in [5.41, 5.74) is 6.49. The van der Waals surface area contributed by atoms with Gasteiger partial charge in [-0.2, -0.15) is 4.31 Å². The van der Waals surface area contributed by atoms with Gasteiger partial charge in [-0.15, -0.1) is 0 Å². The number of benzene rings is 1. The van der Waals surface area contributed by atoms with E-state index in [0.717, 1.165) is 18.4 Å². The molecule has 112 valence electrons. The van der Waals surface area contributed by atoms with Crippen molar-refractivity contribution < 1.29 is 8.42 Å². The topological polar surface area (TPSA) is 63.4 Å². The van der Waals surface area contributed by atoms with Gasteiger partial charge in [0.15, 0.2) is 0 Å². The van der Waals surface area contributed by atoms with Gasteiger partial charge in [0.2, 0.25) is 10.0 Å². The van der Waals surface area contributed by atoms with E-state index in [2.05, 4.69) is 22.9 Å². The van der Waals surface area contributed by atoms with Crippen LogP contribution in [-0.2, 0) is 16.6 Å². The Kier molecular flexibility index (Phi) is 4.89. The van der Waals surface area contributed by atoms with E-state index in [0.29, 0.717) is 28.4 Å². The average Bonchev–Trinajstić information content (AvgIpc) is 2.37. The molecule has 4 nitrogen and oxygen atoms in total. The van der Waals surface area contributed by atoms with Gasteiger partial charge in [0.05, 0.1) is 4.90 Å². The Bertz CT molecular complexity index is 589. The van der Waals surface area contributed by atoms with Crippen molar-refractivity contribution in [2.24, 2.45) is 11.7 Å². The van der Waals surface area contributed by atoms with E-state index >= 15 is 0 Å². The van der Waals surface area contributed by atoms with Crippen molar-refractivity contribution in [3.63, 3.8) is 0 Å². The summed E-state index contributed by atoms with van der Waals surface area (Å²) in [5, 5.41) is 0. The highest BCUT2D eigenvalue weighted by atomic mass is 79.9. The lowest BCUT2D eigenvalue weighted by atomic mass is 9.95. The molecule has 1 aromatic rings. The Morgan fingerprint density at radius 2 is 2.10 bits per heavy atom. The molecule has 0 radical (unpaired) electrons. The maximum atomic E-state index is 12.8. The van der Waals surface area contributed by atoms with Crippen LogP contribution in [0.4, 0.5) is 0 Å². The number of hydrogen-bond acceptors (Lipinski definition) is 3. The largest absolute Gasteiger partial charge is 0.326 e. The number of piperidine rings is 1. The van der Waals surface area contributed by atoms with Crippen LogP contribution >= 0.6 is 15.9 Å². The van der Waals surface area contributed by atoms with Crippen LogP contribution < -0.4 is 5.73 Å². The van der Waals surface area contributed by atoms with E-state index in [1.54, 1.807) is 22.5 Å². The van der Waals surface area contributed by atoms with Crippen molar-refractivity contribution in [1.82, 2.24) is 4.31 Å². The van der Waals surface area contributed by atoms with Crippen LogP contribution in [0, 0.1) is 5.92 Å². The number of sulfonamides is 1. The van der Waals surface area contributed by atoms with Gasteiger partial charge in [-0.05, 0) is 59.3 Å². The third kappa shape index (κ3) is 3.08. The van der Waals surface area contributed by atoms with Crippen LogP contribution in [0.25, 0.3) is 0 Å². The Morgan fingerprint density at radius 1 is 1.40 bits per heavy atom. The maximum Gasteiger partial charge on any atom is 0.244 e. The minimum Gasteiger partial charge on any atom is -0.326 e. The molecule has 1 fully saturated rings. The second-order valence-electron chi connectivity index (χ2n) is 5.56. The highest BCUT2D eigenvalue weighted by Crippen LogP contribution is 2.31. The molecule has 0 bridgehead atoms. The van der Waals surface area contributed by atoms with Crippen LogP contribution in [0.2, 0.25) is 0 Å². The zero-order valence-electron chi connectivity index (χ0n) is 11.8. The minimum atomic E-state index is -3.44. The molecule has 2 N–H and O–H groups in total. The van der Waals surface area contributed by atoms with Crippen LogP contribution in [-0.4, -0.2) is 25.3 Å². The molecule has 1 aromatic carbocycles. The molecule has 0 aliphatic carbocycles. The van der Waals surface area contributed by atoms with Crippen molar-refractivity contribution in [1.29, 1.82) is 0 Å². The summed E-state index contributed by atoms with van der Waals surface area (Å²) < 4.78 is 27.8. The minimum absolute atomic E-state index is 0.0461. The molecule has 2 atom stereocenters. The van der Waals surface area contributed by atoms with Gasteiger partial charge < -0.3 is 5.73 Å². The molecule has 0 spiro atoms. The van der Waals surface area contributed by atoms with Gasteiger partial charge in [0.25, 0.3) is 0 Å². The predicted molar refractivity (Wildman–Crippen MR) is 83.8 cm³/mol. The van der Waals surface area contributed by atoms with Gasteiger partial charge >= 0.3 is 0 Å². The summed E-state index contributed by atoms with van der Waals surface area (Å²) in [5.74, 6) is 0.583. The van der Waals surface area contributed by atoms with Crippen molar-refractivity contribution in [2.45, 2.75) is 44.2 Å². The molecule has 1 heterocycles. The normalized spacial score (nSPS) is 24.8. The highest BCUT2D eigenvalue weighted by Gasteiger charge is 2.34. The summed E-state index contributed by atoms with van der Waals surface area (Å²) >= 11 is 3.36. The molecule has 0 amide bonds. The van der Waals surface area contributed by atoms with Crippen LogP contribution in [0.1, 0.15) is 32.3 Å². The number of hydrogen-bond donors (Lipinski definition) is 1. The average molecular weight is 361 g/mol. The Balaban J connectivity index is 2.35. The molecule has 2 unspecified atom stereocenters. The second-order valence-corrected chi connectivity index (χ2v) is 8.28. The lowest BCUT2D eigenvalue weighted by molar-refractivity contribution is 0.220. The standard InChI is InChI=1S/C14H21BrN2O2S/c1-10-5-6-17(11(2)7-10)20(18,19)14-4-3-12(9-16)8-13(14)15/h3-4,8,10-11H,5-7,9,16H2,1-2H3. The van der Waals surface area contributed by atoms with E-state index in [-0.39, 0.29) is 6.04 Å². The molecule has 0 saturated carbocycles. The van der Waals surface area contributed by atoms with Crippen molar-refractivity contribution in [2.75, 3.05) is 6.54 Å². The number of nitrogens with zero attached hydrogens (tertiary/aromatic N) is 1. The van der Waals surface area contributed by atoms with Crippen molar-refractivity contribution in [3.8, 4) is 0 Å². The van der Waals surface area contributed by atoms with Crippen molar-refractivity contribution in [3.05, 3.63) is 28.2 Å². The Morgan fingerprint density at radius 3 is 2.65 bits per heavy atom. The summed E-state index contributed by atoms with van der Waals surface area (Å²) in [7, 11) is -3.44. The van der Waals surface area contributed by atoms with Gasteiger partial charge in [-0.1, -0.05) is 13.0 Å². The smallest absolute Gasteiger partial charge is 0.244 e. The first-order valence-electron chi connectivity index (χ1n) is 6.86. The van der Waals surface area contributed by atoms with Gasteiger partial charge in [0.1, 0.15) is 0 Å². The predicted octanol–water partition coefficient (Wildman–Crippen LogP) is 2.72. The van der Waals surface area contributed by atoms with E-state index in [4.69, 9.17) is 5.73 Å². The monoisotopic (exact) mass is 360 g/mol. The third-order valence-electron chi connectivity index (χ3n) is 3.90. The van der Waals surface area contributed by atoms with E-state index in [1.807, 2.05) is 6.92 Å². The molecule has 2 rings (SSSR count). The van der Waals surface area contributed by atoms with E-state index < -0.39 is 10.0 Å². The molecular weight excluding hydrogens is 340 g/mol. The fourth-order valence-electron chi connectivity index (χ4n) is 2.75. The zero-order chi connectivity index (χ0) is 14.9. The Hall–Kier alpha value is -0.430. The summed E-state index contributed by atoms with van der Waals surface area (Å²) in [6, 6.07) is 5.25. The number of rotatable bonds is 3. The molecule has 20 heavy (non-hydrogen) atoms. The van der Waals surface area contributed by atoms with Crippen molar-refractivity contribution >= 4 is 26.0 Å². The fraction of sp³-hybridized carbons (Fsp3) is 0.571. The molecule has 1 aliphatic heterocycles. The Labute approximate surface area is 129 Å². The first kappa shape index (κ1) is 15.9. The maximum absolute atomic E-state index is 12.8. The lowest BCUT2D eigenvalue weighted by Gasteiger charge is -2.35. The lowest BCUT2D eigenvalue weighted by Crippen LogP contribution is -2.44. The van der Waals surface area contributed by atoms with Crippen LogP contribution in [0.15, 0.2) is 27.6 Å². The second kappa shape index (κ2) is 6.13.